The number of fused-ring (bicyclic) bond motifs is 1. The van der Waals surface area contributed by atoms with E-state index in [1.807, 2.05) is 27.7 Å². The molecule has 3 saturated heterocycles. The zero-order valence-electron chi connectivity index (χ0n) is 15.1. The van der Waals surface area contributed by atoms with Gasteiger partial charge in [0, 0.05) is 6.04 Å². The number of nitrogens with one attached hydrogen (secondary N) is 1. The molecule has 7 heteroatoms. The second kappa shape index (κ2) is 7.15. The molecule has 2 unspecified atom stereocenters. The van der Waals surface area contributed by atoms with Crippen molar-refractivity contribution in [2.75, 3.05) is 26.4 Å². The third-order valence-corrected chi connectivity index (χ3v) is 4.58. The number of hydrogen-bond acceptors (Lipinski definition) is 7. The molecular weight excluding hydrogens is 314 g/mol. The van der Waals surface area contributed by atoms with Crippen molar-refractivity contribution in [3.05, 3.63) is 0 Å². The van der Waals surface area contributed by atoms with Crippen LogP contribution in [0.15, 0.2) is 0 Å². The smallest absolute Gasteiger partial charge is 0.163 e. The lowest BCUT2D eigenvalue weighted by Crippen LogP contribution is -2.45. The van der Waals surface area contributed by atoms with Crippen molar-refractivity contribution in [1.82, 2.24) is 5.32 Å². The van der Waals surface area contributed by atoms with E-state index in [1.165, 1.54) is 12.8 Å². The highest BCUT2D eigenvalue weighted by Gasteiger charge is 2.44. The summed E-state index contributed by atoms with van der Waals surface area (Å²) in [4.78, 5) is 0. The van der Waals surface area contributed by atoms with E-state index in [2.05, 4.69) is 5.32 Å². The lowest BCUT2D eigenvalue weighted by molar-refractivity contribution is -0.212. The molecule has 3 aliphatic heterocycles. The van der Waals surface area contributed by atoms with Crippen molar-refractivity contribution >= 4 is 0 Å². The van der Waals surface area contributed by atoms with Crippen molar-refractivity contribution in [2.24, 2.45) is 0 Å². The van der Waals surface area contributed by atoms with Gasteiger partial charge < -0.3 is 34.1 Å². The first-order valence-electron chi connectivity index (χ1n) is 8.89. The van der Waals surface area contributed by atoms with Gasteiger partial charge in [-0.25, -0.2) is 0 Å². The van der Waals surface area contributed by atoms with E-state index in [1.54, 1.807) is 0 Å². The molecule has 4 rings (SSSR count). The van der Waals surface area contributed by atoms with Crippen molar-refractivity contribution in [3.63, 3.8) is 0 Å². The molecule has 4 atom stereocenters. The minimum absolute atomic E-state index is 0.0178. The van der Waals surface area contributed by atoms with Crippen LogP contribution >= 0.6 is 0 Å². The highest BCUT2D eigenvalue weighted by molar-refractivity contribution is 4.89. The molecule has 2 N–H and O–H groups in total. The third kappa shape index (κ3) is 5.62. The molecular formula is C17H31NO6. The minimum atomic E-state index is -0.568. The van der Waals surface area contributed by atoms with Crippen LogP contribution < -0.4 is 5.32 Å². The summed E-state index contributed by atoms with van der Waals surface area (Å²) in [6, 6.07) is 0.601. The van der Waals surface area contributed by atoms with Crippen molar-refractivity contribution in [1.29, 1.82) is 0 Å². The van der Waals surface area contributed by atoms with Gasteiger partial charge in [-0.3, -0.25) is 0 Å². The summed E-state index contributed by atoms with van der Waals surface area (Å²) in [6.45, 7) is 9.82. The van der Waals surface area contributed by atoms with Crippen LogP contribution in [0, 0.1) is 0 Å². The van der Waals surface area contributed by atoms with Gasteiger partial charge in [-0.1, -0.05) is 0 Å². The lowest BCUT2D eigenvalue weighted by Gasteiger charge is -2.23. The Bertz CT molecular complexity index is 411. The SMILES string of the molecule is CC1(C)OCC2OC2CO1.CC1(C)OC[C@@H](O)[C@H](NC2CC2)CO1. The Kier molecular flexibility index (Phi) is 5.51. The number of rotatable bonds is 2. The van der Waals surface area contributed by atoms with E-state index in [-0.39, 0.29) is 6.04 Å². The number of epoxide rings is 1. The number of aliphatic hydroxyl groups is 1. The van der Waals surface area contributed by atoms with E-state index in [0.717, 1.165) is 0 Å². The van der Waals surface area contributed by atoms with Crippen LogP contribution in [0.5, 0.6) is 0 Å². The maximum absolute atomic E-state index is 9.79. The van der Waals surface area contributed by atoms with Gasteiger partial charge in [0.1, 0.15) is 12.2 Å². The Morgan fingerprint density at radius 2 is 1.29 bits per heavy atom. The quantitative estimate of drug-likeness (QED) is 0.716. The molecule has 0 amide bonds. The average molecular weight is 345 g/mol. The predicted molar refractivity (Wildman–Crippen MR) is 86.6 cm³/mol. The molecule has 4 aliphatic rings. The van der Waals surface area contributed by atoms with Gasteiger partial charge in [0.05, 0.1) is 38.6 Å². The summed E-state index contributed by atoms with van der Waals surface area (Å²) in [5.74, 6) is -0.974. The molecule has 1 saturated carbocycles. The fourth-order valence-electron chi connectivity index (χ4n) is 2.64. The summed E-state index contributed by atoms with van der Waals surface area (Å²) >= 11 is 0. The molecule has 140 valence electrons. The normalized spacial score (nSPS) is 40.4. The zero-order valence-corrected chi connectivity index (χ0v) is 15.1. The van der Waals surface area contributed by atoms with E-state index in [9.17, 15) is 5.11 Å². The standard InChI is InChI=1S/C10H19NO3.C7H12O3/c1-10(2)13-5-8(9(12)6-14-10)11-7-3-4-7;1-7(2)8-3-5-6(10-5)4-9-7/h7-9,11-12H,3-6H2,1-2H3;5-6H,3-4H2,1-2H3/t8-,9-;/m1./s1. The average Bonchev–Trinajstić information content (AvgIpc) is 3.38. The molecule has 24 heavy (non-hydrogen) atoms. The maximum Gasteiger partial charge on any atom is 0.163 e. The van der Waals surface area contributed by atoms with Gasteiger partial charge in [0.25, 0.3) is 0 Å². The second-order valence-electron chi connectivity index (χ2n) is 7.87. The Labute approximate surface area is 143 Å². The molecule has 0 bridgehead atoms. The van der Waals surface area contributed by atoms with Gasteiger partial charge >= 0.3 is 0 Å². The Hall–Kier alpha value is -0.280. The number of hydrogen-bond donors (Lipinski definition) is 2. The molecule has 0 aromatic rings. The van der Waals surface area contributed by atoms with Gasteiger partial charge in [-0.15, -0.1) is 0 Å². The van der Waals surface area contributed by atoms with E-state index in [0.29, 0.717) is 44.7 Å². The number of aliphatic hydroxyl groups excluding tert-OH is 1. The summed E-state index contributed by atoms with van der Waals surface area (Å²) in [6.07, 6.45) is 2.59. The highest BCUT2D eigenvalue weighted by atomic mass is 16.7. The molecule has 0 spiro atoms. The monoisotopic (exact) mass is 345 g/mol. The second-order valence-corrected chi connectivity index (χ2v) is 7.87. The first kappa shape index (κ1) is 18.5. The largest absolute Gasteiger partial charge is 0.389 e. The number of ether oxygens (including phenoxy) is 5. The van der Waals surface area contributed by atoms with Crippen LogP contribution in [0.1, 0.15) is 40.5 Å². The van der Waals surface area contributed by atoms with Crippen LogP contribution in [-0.4, -0.2) is 73.5 Å². The Morgan fingerprint density at radius 1 is 0.792 bits per heavy atom. The fourth-order valence-corrected chi connectivity index (χ4v) is 2.64. The van der Waals surface area contributed by atoms with Crippen LogP contribution in [0.4, 0.5) is 0 Å². The zero-order chi connectivity index (χ0) is 17.4. The summed E-state index contributed by atoms with van der Waals surface area (Å²) in [7, 11) is 0. The summed E-state index contributed by atoms with van der Waals surface area (Å²) in [5, 5.41) is 13.2. The summed E-state index contributed by atoms with van der Waals surface area (Å²) in [5.41, 5.74) is 0. The fraction of sp³-hybridized carbons (Fsp3) is 1.00. The third-order valence-electron chi connectivity index (χ3n) is 4.58. The summed E-state index contributed by atoms with van der Waals surface area (Å²) < 4.78 is 27.0. The first-order chi connectivity index (χ1) is 11.2. The molecule has 4 fully saturated rings. The van der Waals surface area contributed by atoms with Crippen LogP contribution in [0.3, 0.4) is 0 Å². The van der Waals surface area contributed by atoms with Gasteiger partial charge in [-0.2, -0.15) is 0 Å². The van der Waals surface area contributed by atoms with Gasteiger partial charge in [-0.05, 0) is 40.5 Å². The maximum atomic E-state index is 9.79. The van der Waals surface area contributed by atoms with Crippen molar-refractivity contribution in [3.8, 4) is 0 Å². The molecule has 0 radical (unpaired) electrons. The van der Waals surface area contributed by atoms with Crippen LogP contribution in [0.25, 0.3) is 0 Å². The molecule has 7 nitrogen and oxygen atoms in total. The molecule has 1 aliphatic carbocycles. The Morgan fingerprint density at radius 3 is 1.83 bits per heavy atom. The van der Waals surface area contributed by atoms with Crippen LogP contribution in [0.2, 0.25) is 0 Å². The van der Waals surface area contributed by atoms with Gasteiger partial charge in [0.15, 0.2) is 11.6 Å². The van der Waals surface area contributed by atoms with E-state index < -0.39 is 17.7 Å². The molecule has 0 aromatic carbocycles. The lowest BCUT2D eigenvalue weighted by atomic mass is 10.2. The highest BCUT2D eigenvalue weighted by Crippen LogP contribution is 2.29. The van der Waals surface area contributed by atoms with Crippen molar-refractivity contribution < 1.29 is 28.8 Å². The Balaban J connectivity index is 0.000000149. The van der Waals surface area contributed by atoms with Gasteiger partial charge in [0.2, 0.25) is 0 Å². The van der Waals surface area contributed by atoms with Crippen LogP contribution in [-0.2, 0) is 23.7 Å². The molecule has 3 heterocycles. The topological polar surface area (TPSA) is 81.7 Å². The van der Waals surface area contributed by atoms with E-state index in [4.69, 9.17) is 23.7 Å². The molecule has 0 aromatic heterocycles. The van der Waals surface area contributed by atoms with Crippen molar-refractivity contribution in [2.45, 2.75) is 82.5 Å². The first-order valence-corrected chi connectivity index (χ1v) is 8.89. The van der Waals surface area contributed by atoms with E-state index >= 15 is 0 Å². The minimum Gasteiger partial charge on any atom is -0.389 e. The predicted octanol–water partition coefficient (Wildman–Crippen LogP) is 0.788.